The summed E-state index contributed by atoms with van der Waals surface area (Å²) < 4.78 is 53.7. The molecule has 2 N–H and O–H groups in total. The summed E-state index contributed by atoms with van der Waals surface area (Å²) in [6.07, 6.45) is 3.00. The van der Waals surface area contributed by atoms with Crippen molar-refractivity contribution in [3.63, 3.8) is 0 Å². The Hall–Kier alpha value is -4.46. The Bertz CT molecular complexity index is 1230. The zero-order valence-electron chi connectivity index (χ0n) is 17.6. The highest BCUT2D eigenvalue weighted by molar-refractivity contribution is 5.83. The van der Waals surface area contributed by atoms with E-state index in [0.717, 1.165) is 34.4 Å². The average Bonchev–Trinajstić information content (AvgIpc) is 2.85. The lowest BCUT2D eigenvalue weighted by Gasteiger charge is -2.04. The first-order valence-electron chi connectivity index (χ1n) is 10.2. The number of hydrogen-bond donors (Lipinski definition) is 2. The molecule has 0 unspecified atom stereocenters. The molecule has 0 amide bonds. The standard InChI is InChI=1S/C26H18F4N4/c27-21-3-1-5-23(25(21)29)33-31-15-17-7-11-19(12-8-17)20-13-9-18(10-14-20)16-32-34-24-6-2-4-22(28)26(24)30/h1-16,33-34H/b31-15+,32-16+. The smallest absolute Gasteiger partial charge is 0.183 e. The van der Waals surface area contributed by atoms with Crippen molar-refractivity contribution >= 4 is 23.8 Å². The molecule has 0 aliphatic rings. The summed E-state index contributed by atoms with van der Waals surface area (Å²) in [5.41, 5.74) is 8.34. The third-order valence-electron chi connectivity index (χ3n) is 4.86. The fraction of sp³-hybridized carbons (Fsp3) is 0. The molecule has 4 nitrogen and oxygen atoms in total. The molecule has 0 aliphatic heterocycles. The fourth-order valence-electron chi connectivity index (χ4n) is 3.06. The number of anilines is 2. The first kappa shape index (κ1) is 22.7. The Labute approximate surface area is 193 Å². The SMILES string of the molecule is Fc1cccc(N/N=C/c2ccc(-c3ccc(/C=N/Nc4cccc(F)c4F)cc3)cc2)c1F. The van der Waals surface area contributed by atoms with Gasteiger partial charge in [-0.2, -0.15) is 10.2 Å². The van der Waals surface area contributed by atoms with E-state index in [0.29, 0.717) is 0 Å². The molecule has 4 rings (SSSR count). The summed E-state index contributed by atoms with van der Waals surface area (Å²) in [6, 6.07) is 22.6. The Morgan fingerprint density at radius 2 is 0.882 bits per heavy atom. The van der Waals surface area contributed by atoms with Crippen molar-refractivity contribution in [2.24, 2.45) is 10.2 Å². The van der Waals surface area contributed by atoms with Gasteiger partial charge in [-0.25, -0.2) is 17.6 Å². The predicted octanol–water partition coefficient (Wildman–Crippen LogP) is 6.80. The highest BCUT2D eigenvalue weighted by Gasteiger charge is 2.07. The van der Waals surface area contributed by atoms with Gasteiger partial charge < -0.3 is 0 Å². The number of hydrogen-bond acceptors (Lipinski definition) is 4. The van der Waals surface area contributed by atoms with Crippen molar-refractivity contribution in [2.45, 2.75) is 0 Å². The number of nitrogens with one attached hydrogen (secondary N) is 2. The second-order valence-electron chi connectivity index (χ2n) is 7.19. The van der Waals surface area contributed by atoms with Crippen LogP contribution in [0.4, 0.5) is 28.9 Å². The van der Waals surface area contributed by atoms with Crippen molar-refractivity contribution in [1.82, 2.24) is 0 Å². The maximum absolute atomic E-state index is 13.6. The molecule has 0 atom stereocenters. The highest BCUT2D eigenvalue weighted by atomic mass is 19.2. The molecule has 0 heterocycles. The molecule has 0 bridgehead atoms. The minimum absolute atomic E-state index is 0.0484. The van der Waals surface area contributed by atoms with Crippen LogP contribution in [0.3, 0.4) is 0 Å². The molecular weight excluding hydrogens is 444 g/mol. The lowest BCUT2D eigenvalue weighted by Crippen LogP contribution is -1.96. The molecular formula is C26H18F4N4. The second-order valence-corrected chi connectivity index (χ2v) is 7.19. The van der Waals surface area contributed by atoms with Gasteiger partial charge in [0.2, 0.25) is 0 Å². The van der Waals surface area contributed by atoms with Gasteiger partial charge in [0.1, 0.15) is 0 Å². The van der Waals surface area contributed by atoms with Crippen LogP contribution in [-0.4, -0.2) is 12.4 Å². The predicted molar refractivity (Wildman–Crippen MR) is 127 cm³/mol. The van der Waals surface area contributed by atoms with E-state index in [-0.39, 0.29) is 11.4 Å². The summed E-state index contributed by atoms with van der Waals surface area (Å²) in [6.45, 7) is 0. The average molecular weight is 462 g/mol. The van der Waals surface area contributed by atoms with Crippen molar-refractivity contribution in [2.75, 3.05) is 10.9 Å². The van der Waals surface area contributed by atoms with Gasteiger partial charge >= 0.3 is 0 Å². The van der Waals surface area contributed by atoms with Gasteiger partial charge in [0, 0.05) is 0 Å². The highest BCUT2D eigenvalue weighted by Crippen LogP contribution is 2.21. The third kappa shape index (κ3) is 5.47. The monoisotopic (exact) mass is 462 g/mol. The van der Waals surface area contributed by atoms with Crippen LogP contribution in [0.15, 0.2) is 95.1 Å². The van der Waals surface area contributed by atoms with E-state index < -0.39 is 23.3 Å². The van der Waals surface area contributed by atoms with Gasteiger partial charge in [-0.1, -0.05) is 60.7 Å². The van der Waals surface area contributed by atoms with Crippen molar-refractivity contribution in [1.29, 1.82) is 0 Å². The van der Waals surface area contributed by atoms with E-state index >= 15 is 0 Å². The van der Waals surface area contributed by atoms with Crippen LogP contribution in [0.25, 0.3) is 11.1 Å². The molecule has 0 saturated heterocycles. The van der Waals surface area contributed by atoms with Gasteiger partial charge in [-0.3, -0.25) is 10.9 Å². The van der Waals surface area contributed by atoms with E-state index in [9.17, 15) is 17.6 Å². The lowest BCUT2D eigenvalue weighted by atomic mass is 10.0. The number of rotatable bonds is 7. The molecule has 4 aromatic carbocycles. The van der Waals surface area contributed by atoms with Gasteiger partial charge in [0.15, 0.2) is 23.3 Å². The largest absolute Gasteiger partial charge is 0.275 e. The minimum atomic E-state index is -0.986. The van der Waals surface area contributed by atoms with Crippen LogP contribution in [0.1, 0.15) is 11.1 Å². The molecule has 0 radical (unpaired) electrons. The van der Waals surface area contributed by atoms with Crippen LogP contribution in [0, 0.1) is 23.3 Å². The van der Waals surface area contributed by atoms with E-state index in [1.807, 2.05) is 48.5 Å². The summed E-state index contributed by atoms with van der Waals surface area (Å²) in [7, 11) is 0. The van der Waals surface area contributed by atoms with Crippen LogP contribution < -0.4 is 10.9 Å². The van der Waals surface area contributed by atoms with Crippen LogP contribution >= 0.6 is 0 Å². The Morgan fingerprint density at radius 3 is 1.26 bits per heavy atom. The molecule has 170 valence electrons. The molecule has 34 heavy (non-hydrogen) atoms. The van der Waals surface area contributed by atoms with Crippen LogP contribution in [0.2, 0.25) is 0 Å². The summed E-state index contributed by atoms with van der Waals surface area (Å²) in [5, 5.41) is 7.88. The van der Waals surface area contributed by atoms with Crippen LogP contribution in [-0.2, 0) is 0 Å². The van der Waals surface area contributed by atoms with Gasteiger partial charge in [-0.15, -0.1) is 0 Å². The zero-order chi connectivity index (χ0) is 23.9. The normalized spacial score (nSPS) is 11.3. The van der Waals surface area contributed by atoms with Crippen LogP contribution in [0.5, 0.6) is 0 Å². The second kappa shape index (κ2) is 10.4. The number of hydrazone groups is 2. The summed E-state index contributed by atoms with van der Waals surface area (Å²) >= 11 is 0. The zero-order valence-corrected chi connectivity index (χ0v) is 17.6. The number of benzene rings is 4. The topological polar surface area (TPSA) is 48.8 Å². The molecule has 0 saturated carbocycles. The molecule has 8 heteroatoms. The van der Waals surface area contributed by atoms with E-state index in [1.54, 1.807) is 0 Å². The molecule has 0 spiro atoms. The molecule has 0 aromatic heterocycles. The molecule has 0 fully saturated rings. The molecule has 0 aliphatic carbocycles. The summed E-state index contributed by atoms with van der Waals surface area (Å²) in [5.74, 6) is -3.86. The van der Waals surface area contributed by atoms with E-state index in [2.05, 4.69) is 21.1 Å². The van der Waals surface area contributed by atoms with E-state index in [4.69, 9.17) is 0 Å². The van der Waals surface area contributed by atoms with Gasteiger partial charge in [-0.05, 0) is 46.5 Å². The number of halogens is 4. The van der Waals surface area contributed by atoms with Gasteiger partial charge in [0.05, 0.1) is 23.8 Å². The van der Waals surface area contributed by atoms with Crippen molar-refractivity contribution in [3.8, 4) is 11.1 Å². The van der Waals surface area contributed by atoms with E-state index in [1.165, 1.54) is 36.7 Å². The quantitative estimate of drug-likeness (QED) is 0.180. The Balaban J connectivity index is 1.36. The Kier molecular flexibility index (Phi) is 6.98. The van der Waals surface area contributed by atoms with Crippen molar-refractivity contribution in [3.05, 3.63) is 119 Å². The third-order valence-corrected chi connectivity index (χ3v) is 4.86. The summed E-state index contributed by atoms with van der Waals surface area (Å²) in [4.78, 5) is 0. The molecule has 4 aromatic rings. The first-order valence-corrected chi connectivity index (χ1v) is 10.2. The maximum atomic E-state index is 13.6. The Morgan fingerprint density at radius 1 is 0.500 bits per heavy atom. The van der Waals surface area contributed by atoms with Gasteiger partial charge in [0.25, 0.3) is 0 Å². The maximum Gasteiger partial charge on any atom is 0.183 e. The number of nitrogens with zero attached hydrogens (tertiary/aromatic N) is 2. The first-order chi connectivity index (χ1) is 16.5. The lowest BCUT2D eigenvalue weighted by molar-refractivity contribution is 0.511. The van der Waals surface area contributed by atoms with Crippen molar-refractivity contribution < 1.29 is 17.6 Å². The minimum Gasteiger partial charge on any atom is -0.275 e. The fourth-order valence-corrected chi connectivity index (χ4v) is 3.06.